The van der Waals surface area contributed by atoms with Gasteiger partial charge in [-0.2, -0.15) is 5.26 Å². The van der Waals surface area contributed by atoms with Crippen LogP contribution in [0.2, 0.25) is 0 Å². The molecule has 124 valence electrons. The second-order valence-electron chi connectivity index (χ2n) is 5.75. The van der Waals surface area contributed by atoms with E-state index in [0.29, 0.717) is 5.56 Å². The lowest BCUT2D eigenvalue weighted by Gasteiger charge is -2.24. The molecule has 0 spiro atoms. The Hall–Kier alpha value is -2.59. The molecule has 1 saturated heterocycles. The van der Waals surface area contributed by atoms with Crippen LogP contribution in [0.1, 0.15) is 29.9 Å². The van der Waals surface area contributed by atoms with Crippen LogP contribution in [0.4, 0.5) is 19.0 Å². The van der Waals surface area contributed by atoms with E-state index in [9.17, 15) is 18.4 Å². The van der Waals surface area contributed by atoms with Crippen molar-refractivity contribution in [2.24, 2.45) is 0 Å². The Bertz CT molecular complexity index is 800. The number of hydrogen-bond donors (Lipinski definition) is 2. The van der Waals surface area contributed by atoms with Crippen molar-refractivity contribution < 1.29 is 13.2 Å². The molecule has 24 heavy (non-hydrogen) atoms. The summed E-state index contributed by atoms with van der Waals surface area (Å²) in [5.41, 5.74) is 7.17. The van der Waals surface area contributed by atoms with Crippen LogP contribution in [-0.2, 0) is 0 Å². The van der Waals surface area contributed by atoms with Crippen LogP contribution in [0.25, 0.3) is 11.3 Å². The average molecular weight is 332 g/mol. The quantitative estimate of drug-likeness (QED) is 0.829. The third-order valence-corrected chi connectivity index (χ3v) is 4.25. The maximum absolute atomic E-state index is 13.5. The fourth-order valence-corrected chi connectivity index (χ4v) is 3.01. The van der Waals surface area contributed by atoms with Crippen LogP contribution in [0, 0.1) is 28.8 Å². The van der Waals surface area contributed by atoms with Crippen molar-refractivity contribution in [3.05, 3.63) is 46.8 Å². The number of rotatable bonds is 2. The summed E-state index contributed by atoms with van der Waals surface area (Å²) in [5, 5.41) is 12.6. The number of halogens is 3. The molecule has 7 heteroatoms. The maximum atomic E-state index is 13.5. The number of aromatic nitrogens is 1. The van der Waals surface area contributed by atoms with Gasteiger partial charge >= 0.3 is 0 Å². The zero-order valence-electron chi connectivity index (χ0n) is 12.7. The lowest BCUT2D eigenvalue weighted by atomic mass is 9.87. The fraction of sp³-hybridized carbons (Fsp3) is 0.294. The summed E-state index contributed by atoms with van der Waals surface area (Å²) in [6.45, 7) is 1.62. The highest BCUT2D eigenvalue weighted by Gasteiger charge is 2.22. The van der Waals surface area contributed by atoms with Gasteiger partial charge in [-0.1, -0.05) is 0 Å². The topological polar surface area (TPSA) is 74.7 Å². The lowest BCUT2D eigenvalue weighted by Crippen LogP contribution is -2.27. The highest BCUT2D eigenvalue weighted by molar-refractivity contribution is 5.67. The minimum atomic E-state index is -1.53. The van der Waals surface area contributed by atoms with Crippen LogP contribution in [-0.4, -0.2) is 18.1 Å². The molecule has 0 amide bonds. The smallest absolute Gasteiger partial charge is 0.194 e. The first-order valence-corrected chi connectivity index (χ1v) is 7.57. The molecule has 4 nitrogen and oxygen atoms in total. The molecule has 0 aliphatic carbocycles. The van der Waals surface area contributed by atoms with E-state index in [1.165, 1.54) is 0 Å². The van der Waals surface area contributed by atoms with Crippen LogP contribution in [0.3, 0.4) is 0 Å². The van der Waals surface area contributed by atoms with Gasteiger partial charge in [-0.15, -0.1) is 0 Å². The predicted molar refractivity (Wildman–Crippen MR) is 83.5 cm³/mol. The van der Waals surface area contributed by atoms with Crippen LogP contribution < -0.4 is 11.1 Å². The first-order valence-electron chi connectivity index (χ1n) is 7.57. The first kappa shape index (κ1) is 16.3. The van der Waals surface area contributed by atoms with E-state index in [1.54, 1.807) is 6.07 Å². The molecule has 1 aromatic carbocycles. The Balaban J connectivity index is 2.13. The van der Waals surface area contributed by atoms with Crippen molar-refractivity contribution in [3.8, 4) is 17.3 Å². The van der Waals surface area contributed by atoms with E-state index >= 15 is 0 Å². The lowest BCUT2D eigenvalue weighted by molar-refractivity contribution is 0.447. The number of piperidine rings is 1. The van der Waals surface area contributed by atoms with E-state index in [4.69, 9.17) is 5.73 Å². The zero-order chi connectivity index (χ0) is 17.3. The van der Waals surface area contributed by atoms with Gasteiger partial charge in [0.25, 0.3) is 0 Å². The van der Waals surface area contributed by atoms with Gasteiger partial charge in [-0.05, 0) is 55.6 Å². The average Bonchev–Trinajstić information content (AvgIpc) is 2.59. The highest BCUT2D eigenvalue weighted by Crippen LogP contribution is 2.33. The monoisotopic (exact) mass is 332 g/mol. The number of pyridine rings is 1. The van der Waals surface area contributed by atoms with Crippen molar-refractivity contribution in [2.45, 2.75) is 18.8 Å². The summed E-state index contributed by atoms with van der Waals surface area (Å²) < 4.78 is 40.1. The third-order valence-electron chi connectivity index (χ3n) is 4.25. The van der Waals surface area contributed by atoms with Gasteiger partial charge in [-0.3, -0.25) is 0 Å². The molecule has 3 rings (SSSR count). The van der Waals surface area contributed by atoms with E-state index < -0.39 is 17.5 Å². The molecular formula is C17H15F3N4. The summed E-state index contributed by atoms with van der Waals surface area (Å²) in [4.78, 5) is 4.07. The second kappa shape index (κ2) is 6.49. The molecule has 0 saturated carbocycles. The number of hydrogen-bond acceptors (Lipinski definition) is 4. The van der Waals surface area contributed by atoms with Gasteiger partial charge in [0.15, 0.2) is 17.5 Å². The van der Waals surface area contributed by atoms with Crippen molar-refractivity contribution >= 4 is 5.82 Å². The van der Waals surface area contributed by atoms with Gasteiger partial charge in [-0.25, -0.2) is 18.2 Å². The van der Waals surface area contributed by atoms with Gasteiger partial charge < -0.3 is 11.1 Å². The maximum Gasteiger partial charge on any atom is 0.194 e. The molecule has 2 aromatic rings. The van der Waals surface area contributed by atoms with Crippen molar-refractivity contribution in [1.29, 1.82) is 5.26 Å². The van der Waals surface area contributed by atoms with Gasteiger partial charge in [0.2, 0.25) is 0 Å². The minimum Gasteiger partial charge on any atom is -0.383 e. The second-order valence-corrected chi connectivity index (χ2v) is 5.75. The van der Waals surface area contributed by atoms with Crippen LogP contribution in [0.5, 0.6) is 0 Å². The normalized spacial score (nSPS) is 15.2. The Labute approximate surface area is 137 Å². The van der Waals surface area contributed by atoms with E-state index in [2.05, 4.69) is 16.4 Å². The Morgan fingerprint density at radius 1 is 1.12 bits per heavy atom. The Morgan fingerprint density at radius 2 is 1.75 bits per heavy atom. The zero-order valence-corrected chi connectivity index (χ0v) is 12.7. The highest BCUT2D eigenvalue weighted by atomic mass is 19.2. The van der Waals surface area contributed by atoms with Crippen molar-refractivity contribution in [1.82, 2.24) is 10.3 Å². The molecular weight excluding hydrogens is 317 g/mol. The molecule has 1 aliphatic rings. The summed E-state index contributed by atoms with van der Waals surface area (Å²) in [5.74, 6) is -4.00. The number of nitrogens with one attached hydrogen (secondary N) is 1. The number of nitrogen functional groups attached to an aromatic ring is 1. The molecule has 1 aliphatic heterocycles. The molecule has 1 aromatic heterocycles. The van der Waals surface area contributed by atoms with Crippen molar-refractivity contribution in [2.75, 3.05) is 18.8 Å². The van der Waals surface area contributed by atoms with E-state index in [-0.39, 0.29) is 28.6 Å². The molecule has 3 N–H and O–H groups in total. The number of nitriles is 1. The molecule has 0 unspecified atom stereocenters. The molecule has 1 fully saturated rings. The van der Waals surface area contributed by atoms with E-state index in [0.717, 1.165) is 38.1 Å². The number of benzene rings is 1. The van der Waals surface area contributed by atoms with Crippen LogP contribution >= 0.6 is 0 Å². The minimum absolute atomic E-state index is 0.00803. The number of nitrogens with two attached hydrogens (primary N) is 1. The summed E-state index contributed by atoms with van der Waals surface area (Å²) >= 11 is 0. The largest absolute Gasteiger partial charge is 0.383 e. The van der Waals surface area contributed by atoms with Crippen molar-refractivity contribution in [3.63, 3.8) is 0 Å². The standard InChI is InChI=1S/C17H15F3N4/c18-13-5-10(6-14(19)16(13)20)15-7-11(9-1-3-23-4-2-9)12(8-21)17(22)24-15/h5-7,9,23H,1-4H2,(H2,22,24). The first-order chi connectivity index (χ1) is 11.5. The Morgan fingerprint density at radius 3 is 2.33 bits per heavy atom. The van der Waals surface area contributed by atoms with Gasteiger partial charge in [0.05, 0.1) is 11.3 Å². The molecule has 0 atom stereocenters. The molecule has 0 bridgehead atoms. The molecule has 0 radical (unpaired) electrons. The summed E-state index contributed by atoms with van der Waals surface area (Å²) in [6.07, 6.45) is 1.65. The third kappa shape index (κ3) is 2.93. The van der Waals surface area contributed by atoms with Gasteiger partial charge in [0, 0.05) is 5.56 Å². The Kier molecular flexibility index (Phi) is 4.40. The van der Waals surface area contributed by atoms with E-state index in [1.807, 2.05) is 0 Å². The fourth-order valence-electron chi connectivity index (χ4n) is 3.01. The summed E-state index contributed by atoms with van der Waals surface area (Å²) in [7, 11) is 0. The summed E-state index contributed by atoms with van der Waals surface area (Å²) in [6, 6.07) is 5.42. The SMILES string of the molecule is N#Cc1c(C2CCNCC2)cc(-c2cc(F)c(F)c(F)c2)nc1N. The van der Waals surface area contributed by atoms with Gasteiger partial charge in [0.1, 0.15) is 11.9 Å². The number of anilines is 1. The van der Waals surface area contributed by atoms with Crippen LogP contribution in [0.15, 0.2) is 18.2 Å². The number of nitrogens with zero attached hydrogens (tertiary/aromatic N) is 2. The predicted octanol–water partition coefficient (Wildman–Crippen LogP) is 3.09. The molecule has 2 heterocycles.